The largest absolute Gasteiger partial charge is 0.381 e. The van der Waals surface area contributed by atoms with Gasteiger partial charge in [0, 0.05) is 36.8 Å². The molecule has 1 amide bonds. The Kier molecular flexibility index (Phi) is 5.57. The van der Waals surface area contributed by atoms with Gasteiger partial charge in [-0.3, -0.25) is 4.79 Å². The van der Waals surface area contributed by atoms with Gasteiger partial charge in [0.15, 0.2) is 0 Å². The van der Waals surface area contributed by atoms with Crippen molar-refractivity contribution in [2.24, 2.45) is 0 Å². The number of halogens is 1. The highest BCUT2D eigenvalue weighted by Gasteiger charge is 2.36. The number of amides is 1. The standard InChI is InChI=1S/C18H24ClNO3/c19-16-6-2-1-5-15(16)18(7-10-22-11-8-18)13-20-17(21)12-14-4-3-9-23-14/h1-2,5-6,14H,3-4,7-13H2,(H,20,21)/t14-/m0/s1. The van der Waals surface area contributed by atoms with Gasteiger partial charge in [0.2, 0.25) is 5.91 Å². The molecule has 0 aromatic heterocycles. The van der Waals surface area contributed by atoms with E-state index in [2.05, 4.69) is 11.4 Å². The molecule has 1 N–H and O–H groups in total. The lowest BCUT2D eigenvalue weighted by molar-refractivity contribution is -0.123. The number of ether oxygens (including phenoxy) is 2. The minimum atomic E-state index is -0.136. The third kappa shape index (κ3) is 4.06. The van der Waals surface area contributed by atoms with E-state index in [4.69, 9.17) is 21.1 Å². The van der Waals surface area contributed by atoms with E-state index in [1.807, 2.05) is 18.2 Å². The van der Waals surface area contributed by atoms with Gasteiger partial charge in [-0.25, -0.2) is 0 Å². The molecule has 1 atom stereocenters. The maximum absolute atomic E-state index is 12.2. The van der Waals surface area contributed by atoms with Crippen molar-refractivity contribution >= 4 is 17.5 Å². The van der Waals surface area contributed by atoms with Crippen LogP contribution in [0, 0.1) is 0 Å². The molecule has 0 bridgehead atoms. The minimum absolute atomic E-state index is 0.0646. The molecule has 4 nitrogen and oxygen atoms in total. The summed E-state index contributed by atoms with van der Waals surface area (Å²) in [6.07, 6.45) is 4.32. The van der Waals surface area contributed by atoms with Gasteiger partial charge in [-0.1, -0.05) is 29.8 Å². The van der Waals surface area contributed by atoms with Crippen molar-refractivity contribution < 1.29 is 14.3 Å². The molecule has 2 aliphatic heterocycles. The molecule has 2 aliphatic rings. The molecule has 2 heterocycles. The lowest BCUT2D eigenvalue weighted by Gasteiger charge is -2.38. The average molecular weight is 338 g/mol. The van der Waals surface area contributed by atoms with E-state index in [1.54, 1.807) is 0 Å². The summed E-state index contributed by atoms with van der Waals surface area (Å²) in [7, 11) is 0. The monoisotopic (exact) mass is 337 g/mol. The Balaban J connectivity index is 1.67. The Hall–Kier alpha value is -1.10. The lowest BCUT2D eigenvalue weighted by atomic mass is 9.74. The fourth-order valence-corrected chi connectivity index (χ4v) is 3.88. The van der Waals surface area contributed by atoms with E-state index in [-0.39, 0.29) is 17.4 Å². The van der Waals surface area contributed by atoms with Gasteiger partial charge in [-0.05, 0) is 37.3 Å². The second-order valence-electron chi connectivity index (χ2n) is 6.49. The summed E-state index contributed by atoms with van der Waals surface area (Å²) >= 11 is 6.43. The number of benzene rings is 1. The molecular formula is C18H24ClNO3. The first kappa shape index (κ1) is 16.7. The van der Waals surface area contributed by atoms with Gasteiger partial charge in [0.05, 0.1) is 12.5 Å². The van der Waals surface area contributed by atoms with Crippen LogP contribution >= 0.6 is 11.6 Å². The highest BCUT2D eigenvalue weighted by Crippen LogP contribution is 2.38. The van der Waals surface area contributed by atoms with Crippen molar-refractivity contribution in [1.82, 2.24) is 5.32 Å². The fourth-order valence-electron chi connectivity index (χ4n) is 3.55. The van der Waals surface area contributed by atoms with Crippen LogP contribution in [0.5, 0.6) is 0 Å². The number of rotatable bonds is 5. The summed E-state index contributed by atoms with van der Waals surface area (Å²) in [5.41, 5.74) is 0.977. The molecule has 3 rings (SSSR count). The van der Waals surface area contributed by atoms with Crippen LogP contribution in [0.15, 0.2) is 24.3 Å². The second kappa shape index (κ2) is 7.65. The number of hydrogen-bond donors (Lipinski definition) is 1. The Morgan fingerprint density at radius 2 is 2.04 bits per heavy atom. The third-order valence-corrected chi connectivity index (χ3v) is 5.29. The van der Waals surface area contributed by atoms with Crippen molar-refractivity contribution in [2.45, 2.75) is 43.6 Å². The summed E-state index contributed by atoms with van der Waals surface area (Å²) in [5, 5.41) is 3.88. The molecule has 0 saturated carbocycles. The molecule has 2 saturated heterocycles. The number of nitrogens with one attached hydrogen (secondary N) is 1. The van der Waals surface area contributed by atoms with Crippen LogP contribution in [-0.4, -0.2) is 38.4 Å². The zero-order valence-corrected chi connectivity index (χ0v) is 14.1. The second-order valence-corrected chi connectivity index (χ2v) is 6.90. The predicted molar refractivity (Wildman–Crippen MR) is 89.8 cm³/mol. The Bertz CT molecular complexity index is 537. The van der Waals surface area contributed by atoms with Crippen LogP contribution in [0.1, 0.15) is 37.7 Å². The summed E-state index contributed by atoms with van der Waals surface area (Å²) in [5.74, 6) is 0.0646. The van der Waals surface area contributed by atoms with Crippen LogP contribution in [0.4, 0.5) is 0 Å². The number of carbonyl (C=O) groups excluding carboxylic acids is 1. The van der Waals surface area contributed by atoms with Crippen molar-refractivity contribution in [3.8, 4) is 0 Å². The molecular weight excluding hydrogens is 314 g/mol. The molecule has 1 aromatic rings. The van der Waals surface area contributed by atoms with E-state index in [9.17, 15) is 4.79 Å². The first-order valence-corrected chi connectivity index (χ1v) is 8.78. The highest BCUT2D eigenvalue weighted by molar-refractivity contribution is 6.31. The first-order chi connectivity index (χ1) is 11.2. The molecule has 0 aliphatic carbocycles. The van der Waals surface area contributed by atoms with Crippen molar-refractivity contribution in [3.05, 3.63) is 34.9 Å². The zero-order valence-electron chi connectivity index (χ0n) is 13.4. The van der Waals surface area contributed by atoms with Crippen molar-refractivity contribution in [2.75, 3.05) is 26.4 Å². The van der Waals surface area contributed by atoms with Crippen LogP contribution in [0.3, 0.4) is 0 Å². The van der Waals surface area contributed by atoms with Crippen molar-refractivity contribution in [3.63, 3.8) is 0 Å². The number of hydrogen-bond acceptors (Lipinski definition) is 3. The molecule has 2 fully saturated rings. The van der Waals surface area contributed by atoms with E-state index >= 15 is 0 Å². The van der Waals surface area contributed by atoms with E-state index in [0.717, 1.165) is 42.9 Å². The molecule has 23 heavy (non-hydrogen) atoms. The normalized spacial score (nSPS) is 23.6. The predicted octanol–water partition coefficient (Wildman–Crippen LogP) is 3.07. The van der Waals surface area contributed by atoms with Gasteiger partial charge in [0.1, 0.15) is 0 Å². The van der Waals surface area contributed by atoms with Crippen LogP contribution in [0.2, 0.25) is 5.02 Å². The Morgan fingerprint density at radius 3 is 2.74 bits per heavy atom. The van der Waals surface area contributed by atoms with E-state index < -0.39 is 0 Å². The summed E-state index contributed by atoms with van der Waals surface area (Å²) in [4.78, 5) is 12.2. The summed E-state index contributed by atoms with van der Waals surface area (Å²) in [6, 6.07) is 7.93. The maximum Gasteiger partial charge on any atom is 0.222 e. The summed E-state index contributed by atoms with van der Waals surface area (Å²) in [6.45, 7) is 2.78. The molecule has 1 aromatic carbocycles. The van der Waals surface area contributed by atoms with Crippen LogP contribution in [-0.2, 0) is 19.7 Å². The molecule has 5 heteroatoms. The molecule has 0 radical (unpaired) electrons. The van der Waals surface area contributed by atoms with Crippen LogP contribution in [0.25, 0.3) is 0 Å². The van der Waals surface area contributed by atoms with E-state index in [0.29, 0.717) is 26.2 Å². The maximum atomic E-state index is 12.2. The highest BCUT2D eigenvalue weighted by atomic mass is 35.5. The SMILES string of the molecule is O=C(C[C@@H]1CCCO1)NCC1(c2ccccc2Cl)CCOCC1. The molecule has 126 valence electrons. The van der Waals surface area contributed by atoms with Crippen molar-refractivity contribution in [1.29, 1.82) is 0 Å². The average Bonchev–Trinajstić information content (AvgIpc) is 3.07. The first-order valence-electron chi connectivity index (χ1n) is 8.41. The Labute approximate surface area is 142 Å². The topological polar surface area (TPSA) is 47.6 Å². The Morgan fingerprint density at radius 1 is 1.26 bits per heavy atom. The minimum Gasteiger partial charge on any atom is -0.381 e. The molecule has 0 spiro atoms. The van der Waals surface area contributed by atoms with Gasteiger partial charge in [-0.2, -0.15) is 0 Å². The fraction of sp³-hybridized carbons (Fsp3) is 0.611. The van der Waals surface area contributed by atoms with Gasteiger partial charge in [-0.15, -0.1) is 0 Å². The number of carbonyl (C=O) groups is 1. The third-order valence-electron chi connectivity index (χ3n) is 4.96. The van der Waals surface area contributed by atoms with Gasteiger partial charge in [0.25, 0.3) is 0 Å². The van der Waals surface area contributed by atoms with Gasteiger partial charge >= 0.3 is 0 Å². The quantitative estimate of drug-likeness (QED) is 0.898. The smallest absolute Gasteiger partial charge is 0.222 e. The zero-order chi connectivity index (χ0) is 16.1. The molecule has 0 unspecified atom stereocenters. The summed E-state index contributed by atoms with van der Waals surface area (Å²) < 4.78 is 11.1. The van der Waals surface area contributed by atoms with E-state index in [1.165, 1.54) is 0 Å². The van der Waals surface area contributed by atoms with Gasteiger partial charge < -0.3 is 14.8 Å². The lowest BCUT2D eigenvalue weighted by Crippen LogP contribution is -2.45. The van der Waals surface area contributed by atoms with Crippen LogP contribution < -0.4 is 5.32 Å².